The minimum Gasteiger partial charge on any atom is -0.379 e. The summed E-state index contributed by atoms with van der Waals surface area (Å²) in [6.45, 7) is 6.02. The van der Waals surface area contributed by atoms with E-state index < -0.39 is 0 Å². The molecule has 1 saturated heterocycles. The minimum atomic E-state index is -0.00484. The van der Waals surface area contributed by atoms with Crippen molar-refractivity contribution in [2.75, 3.05) is 53.5 Å². The predicted molar refractivity (Wildman–Crippen MR) is 83.4 cm³/mol. The van der Waals surface area contributed by atoms with E-state index in [1.54, 1.807) is 0 Å². The fraction of sp³-hybridized carbons (Fsp3) is 0.562. The summed E-state index contributed by atoms with van der Waals surface area (Å²) in [6.07, 6.45) is 0. The van der Waals surface area contributed by atoms with Crippen LogP contribution in [0.5, 0.6) is 0 Å². The number of ether oxygens (including phenoxy) is 1. The summed E-state index contributed by atoms with van der Waals surface area (Å²) in [5.41, 5.74) is 1.96. The van der Waals surface area contributed by atoms with Gasteiger partial charge in [-0.3, -0.25) is 9.69 Å². The van der Waals surface area contributed by atoms with Crippen molar-refractivity contribution < 1.29 is 9.53 Å². The highest BCUT2D eigenvalue weighted by Gasteiger charge is 2.11. The van der Waals surface area contributed by atoms with Crippen LogP contribution in [0.25, 0.3) is 0 Å². The van der Waals surface area contributed by atoms with Gasteiger partial charge in [0.05, 0.1) is 13.2 Å². The zero-order valence-corrected chi connectivity index (χ0v) is 13.0. The molecule has 0 saturated carbocycles. The number of nitrogens with one attached hydrogen (secondary N) is 1. The van der Waals surface area contributed by atoms with Crippen molar-refractivity contribution in [1.82, 2.24) is 15.1 Å². The Kier molecular flexibility index (Phi) is 6.17. The van der Waals surface area contributed by atoms with Crippen molar-refractivity contribution in [2.45, 2.75) is 6.54 Å². The fourth-order valence-corrected chi connectivity index (χ4v) is 2.27. The number of rotatable bonds is 6. The number of hydrogen-bond acceptors (Lipinski definition) is 4. The van der Waals surface area contributed by atoms with Gasteiger partial charge in [0.15, 0.2) is 0 Å². The van der Waals surface area contributed by atoms with Gasteiger partial charge in [-0.25, -0.2) is 0 Å². The Balaban J connectivity index is 1.81. The van der Waals surface area contributed by atoms with Crippen LogP contribution in [0.4, 0.5) is 0 Å². The van der Waals surface area contributed by atoms with Crippen molar-refractivity contribution in [3.05, 3.63) is 35.4 Å². The third kappa shape index (κ3) is 5.46. The quantitative estimate of drug-likeness (QED) is 0.842. The molecular formula is C16H25N3O2. The Bertz CT molecular complexity index is 439. The highest BCUT2D eigenvalue weighted by molar-refractivity contribution is 5.94. The summed E-state index contributed by atoms with van der Waals surface area (Å²) in [4.78, 5) is 16.4. The number of benzene rings is 1. The van der Waals surface area contributed by atoms with Crippen LogP contribution in [0.2, 0.25) is 0 Å². The van der Waals surface area contributed by atoms with Gasteiger partial charge in [-0.15, -0.1) is 0 Å². The van der Waals surface area contributed by atoms with Crippen molar-refractivity contribution in [2.24, 2.45) is 0 Å². The van der Waals surface area contributed by atoms with Gasteiger partial charge in [0.25, 0.3) is 5.91 Å². The molecular weight excluding hydrogens is 266 g/mol. The normalized spacial score (nSPS) is 16.1. The fourth-order valence-electron chi connectivity index (χ4n) is 2.27. The lowest BCUT2D eigenvalue weighted by molar-refractivity contribution is 0.0342. The summed E-state index contributed by atoms with van der Waals surface area (Å²) in [5.74, 6) is -0.00484. The number of nitrogens with zero attached hydrogens (tertiary/aromatic N) is 2. The largest absolute Gasteiger partial charge is 0.379 e. The number of carbonyl (C=O) groups is 1. The van der Waals surface area contributed by atoms with Crippen molar-refractivity contribution in [1.29, 1.82) is 0 Å². The van der Waals surface area contributed by atoms with E-state index >= 15 is 0 Å². The summed E-state index contributed by atoms with van der Waals surface area (Å²) >= 11 is 0. The molecule has 0 aromatic heterocycles. The lowest BCUT2D eigenvalue weighted by Crippen LogP contribution is -2.35. The molecule has 0 spiro atoms. The van der Waals surface area contributed by atoms with E-state index in [1.165, 1.54) is 5.56 Å². The summed E-state index contributed by atoms with van der Waals surface area (Å²) in [5, 5.41) is 2.92. The van der Waals surface area contributed by atoms with E-state index in [1.807, 2.05) is 43.3 Å². The number of carbonyl (C=O) groups excluding carboxylic acids is 1. The molecule has 1 fully saturated rings. The SMILES string of the molecule is CN(C)CCNC(=O)c1ccc(CN2CCOCC2)cc1. The first-order chi connectivity index (χ1) is 10.1. The molecule has 0 aliphatic carbocycles. The Morgan fingerprint density at radius 1 is 1.24 bits per heavy atom. The predicted octanol–water partition coefficient (Wildman–Crippen LogP) is 0.810. The molecule has 21 heavy (non-hydrogen) atoms. The van der Waals surface area contributed by atoms with Crippen LogP contribution in [0, 0.1) is 0 Å². The molecule has 1 aromatic rings. The first-order valence-electron chi connectivity index (χ1n) is 7.47. The average Bonchev–Trinajstić information content (AvgIpc) is 2.48. The maximum Gasteiger partial charge on any atom is 0.251 e. The van der Waals surface area contributed by atoms with Gasteiger partial charge in [-0.1, -0.05) is 12.1 Å². The van der Waals surface area contributed by atoms with Crippen LogP contribution in [-0.4, -0.2) is 69.2 Å². The molecule has 0 radical (unpaired) electrons. The molecule has 5 nitrogen and oxygen atoms in total. The zero-order valence-electron chi connectivity index (χ0n) is 13.0. The van der Waals surface area contributed by atoms with Gasteiger partial charge >= 0.3 is 0 Å². The summed E-state index contributed by atoms with van der Waals surface area (Å²) < 4.78 is 5.34. The topological polar surface area (TPSA) is 44.8 Å². The molecule has 5 heteroatoms. The summed E-state index contributed by atoms with van der Waals surface area (Å²) in [7, 11) is 3.99. The van der Waals surface area contributed by atoms with Crippen LogP contribution in [0.15, 0.2) is 24.3 Å². The van der Waals surface area contributed by atoms with Gasteiger partial charge in [-0.2, -0.15) is 0 Å². The molecule has 0 unspecified atom stereocenters. The lowest BCUT2D eigenvalue weighted by Gasteiger charge is -2.26. The van der Waals surface area contributed by atoms with E-state index in [0.717, 1.165) is 45.0 Å². The Hall–Kier alpha value is -1.43. The number of morpholine rings is 1. The van der Waals surface area contributed by atoms with E-state index in [0.29, 0.717) is 6.54 Å². The number of likely N-dealkylation sites (N-methyl/N-ethyl adjacent to an activating group) is 1. The highest BCUT2D eigenvalue weighted by atomic mass is 16.5. The maximum atomic E-state index is 12.0. The molecule has 0 bridgehead atoms. The molecule has 2 rings (SSSR count). The first kappa shape index (κ1) is 15.9. The van der Waals surface area contributed by atoms with Crippen LogP contribution in [0.1, 0.15) is 15.9 Å². The molecule has 1 aliphatic rings. The van der Waals surface area contributed by atoms with E-state index in [2.05, 4.69) is 10.2 Å². The van der Waals surface area contributed by atoms with Crippen LogP contribution in [-0.2, 0) is 11.3 Å². The van der Waals surface area contributed by atoms with Crippen molar-refractivity contribution in [3.63, 3.8) is 0 Å². The molecule has 1 N–H and O–H groups in total. The maximum absolute atomic E-state index is 12.0. The highest BCUT2D eigenvalue weighted by Crippen LogP contribution is 2.09. The Morgan fingerprint density at radius 3 is 2.52 bits per heavy atom. The van der Waals surface area contributed by atoms with Crippen LogP contribution >= 0.6 is 0 Å². The molecule has 1 amide bonds. The van der Waals surface area contributed by atoms with Gasteiger partial charge < -0.3 is 15.0 Å². The van der Waals surface area contributed by atoms with E-state index in [-0.39, 0.29) is 5.91 Å². The monoisotopic (exact) mass is 291 g/mol. The third-order valence-electron chi connectivity index (χ3n) is 3.57. The minimum absolute atomic E-state index is 0.00484. The van der Waals surface area contributed by atoms with Crippen LogP contribution in [0.3, 0.4) is 0 Å². The number of amides is 1. The Labute approximate surface area is 126 Å². The van der Waals surface area contributed by atoms with Crippen molar-refractivity contribution >= 4 is 5.91 Å². The Morgan fingerprint density at radius 2 is 1.90 bits per heavy atom. The first-order valence-corrected chi connectivity index (χ1v) is 7.47. The van der Waals surface area contributed by atoms with Crippen molar-refractivity contribution in [3.8, 4) is 0 Å². The number of hydrogen-bond donors (Lipinski definition) is 1. The van der Waals surface area contributed by atoms with Gasteiger partial charge in [0, 0.05) is 38.3 Å². The average molecular weight is 291 g/mol. The standard InChI is InChI=1S/C16H25N3O2/c1-18(2)8-7-17-16(20)15-5-3-14(4-6-15)13-19-9-11-21-12-10-19/h3-6H,7-13H2,1-2H3,(H,17,20). The van der Waals surface area contributed by atoms with Gasteiger partial charge in [0.1, 0.15) is 0 Å². The second-order valence-corrected chi connectivity index (χ2v) is 5.64. The smallest absolute Gasteiger partial charge is 0.251 e. The van der Waals surface area contributed by atoms with E-state index in [4.69, 9.17) is 4.74 Å². The molecule has 1 heterocycles. The third-order valence-corrected chi connectivity index (χ3v) is 3.57. The molecule has 1 aromatic carbocycles. The van der Waals surface area contributed by atoms with Gasteiger partial charge in [-0.05, 0) is 31.8 Å². The van der Waals surface area contributed by atoms with Crippen LogP contribution < -0.4 is 5.32 Å². The zero-order chi connectivity index (χ0) is 15.1. The molecule has 1 aliphatic heterocycles. The lowest BCUT2D eigenvalue weighted by atomic mass is 10.1. The second kappa shape index (κ2) is 8.12. The summed E-state index contributed by atoms with van der Waals surface area (Å²) in [6, 6.07) is 7.88. The molecule has 0 atom stereocenters. The second-order valence-electron chi connectivity index (χ2n) is 5.64. The van der Waals surface area contributed by atoms with E-state index in [9.17, 15) is 4.79 Å². The molecule has 116 valence electrons. The van der Waals surface area contributed by atoms with Gasteiger partial charge in [0.2, 0.25) is 0 Å².